The van der Waals surface area contributed by atoms with Crippen molar-refractivity contribution < 1.29 is 23.8 Å². The first-order valence-corrected chi connectivity index (χ1v) is 7.54. The summed E-state index contributed by atoms with van der Waals surface area (Å²) in [7, 11) is 0. The Bertz CT molecular complexity index is 527. The van der Waals surface area contributed by atoms with Gasteiger partial charge in [0.1, 0.15) is 6.26 Å². The molecule has 0 spiro atoms. The van der Waals surface area contributed by atoms with Gasteiger partial charge in [-0.3, -0.25) is 4.79 Å². The fourth-order valence-electron chi connectivity index (χ4n) is 2.64. The fraction of sp³-hybridized carbons (Fsp3) is 0.538. The maximum absolute atomic E-state index is 12.5. The molecule has 6 nitrogen and oxygen atoms in total. The van der Waals surface area contributed by atoms with E-state index in [1.807, 2.05) is 11.8 Å². The molecule has 2 atom stereocenters. The van der Waals surface area contributed by atoms with Crippen molar-refractivity contribution in [3.63, 3.8) is 0 Å². The van der Waals surface area contributed by atoms with Crippen molar-refractivity contribution in [3.8, 4) is 0 Å². The number of carbonyl (C=O) groups excluding carboxylic acids is 1. The second kappa shape index (κ2) is 5.49. The third-order valence-electron chi connectivity index (χ3n) is 3.65. The summed E-state index contributed by atoms with van der Waals surface area (Å²) in [5.74, 6) is -0.358. The number of carbonyl (C=O) groups is 2. The van der Waals surface area contributed by atoms with Gasteiger partial charge in [0, 0.05) is 36.3 Å². The largest absolute Gasteiger partial charge is 0.478 e. The lowest BCUT2D eigenvalue weighted by atomic mass is 10.1. The van der Waals surface area contributed by atoms with Crippen LogP contribution in [-0.2, 0) is 4.74 Å². The van der Waals surface area contributed by atoms with Gasteiger partial charge in [-0.1, -0.05) is 0 Å². The highest BCUT2D eigenvalue weighted by Gasteiger charge is 2.38. The maximum Gasteiger partial charge on any atom is 0.338 e. The molecule has 3 heterocycles. The number of rotatable bonds is 2. The van der Waals surface area contributed by atoms with Crippen LogP contribution in [0.2, 0.25) is 0 Å². The molecule has 1 aromatic heterocycles. The van der Waals surface area contributed by atoms with Crippen LogP contribution in [0, 0.1) is 0 Å². The first-order chi connectivity index (χ1) is 9.66. The van der Waals surface area contributed by atoms with Gasteiger partial charge in [-0.25, -0.2) is 4.79 Å². The summed E-state index contributed by atoms with van der Waals surface area (Å²) in [6.45, 7) is 1.98. The number of thioether (sulfide) groups is 1. The first kappa shape index (κ1) is 13.5. The summed E-state index contributed by atoms with van der Waals surface area (Å²) in [6.07, 6.45) is 1.92. The fourth-order valence-corrected chi connectivity index (χ4v) is 3.94. The van der Waals surface area contributed by atoms with E-state index < -0.39 is 5.97 Å². The molecule has 1 aromatic rings. The summed E-state index contributed by atoms with van der Waals surface area (Å²) >= 11 is 1.83. The van der Waals surface area contributed by atoms with E-state index in [0.717, 1.165) is 18.4 Å². The molecular formula is C13H15NO5S. The monoisotopic (exact) mass is 297 g/mol. The van der Waals surface area contributed by atoms with Gasteiger partial charge in [-0.05, 0) is 6.42 Å². The Morgan fingerprint density at radius 1 is 1.45 bits per heavy atom. The molecule has 2 unspecified atom stereocenters. The van der Waals surface area contributed by atoms with Gasteiger partial charge >= 0.3 is 5.97 Å². The molecule has 2 aliphatic rings. The normalized spacial score (nSPS) is 26.1. The van der Waals surface area contributed by atoms with E-state index in [4.69, 9.17) is 14.3 Å². The van der Waals surface area contributed by atoms with Crippen molar-refractivity contribution in [2.45, 2.75) is 17.7 Å². The molecule has 7 heteroatoms. The lowest BCUT2D eigenvalue weighted by Gasteiger charge is -2.42. The summed E-state index contributed by atoms with van der Waals surface area (Å²) in [5, 5.41) is 9.17. The van der Waals surface area contributed by atoms with Crippen molar-refractivity contribution in [2.24, 2.45) is 0 Å². The Morgan fingerprint density at radius 3 is 3.05 bits per heavy atom. The van der Waals surface area contributed by atoms with Gasteiger partial charge in [-0.15, -0.1) is 0 Å². The second-order valence-corrected chi connectivity index (χ2v) is 6.19. The van der Waals surface area contributed by atoms with Gasteiger partial charge in [0.05, 0.1) is 12.2 Å². The van der Waals surface area contributed by atoms with Gasteiger partial charge in [0.2, 0.25) is 0 Å². The van der Waals surface area contributed by atoms with Crippen LogP contribution in [0.3, 0.4) is 0 Å². The van der Waals surface area contributed by atoms with E-state index >= 15 is 0 Å². The van der Waals surface area contributed by atoms with Gasteiger partial charge in [0.25, 0.3) is 5.91 Å². The number of hydrogen-bond donors (Lipinski definition) is 1. The molecule has 2 aliphatic heterocycles. The highest BCUT2D eigenvalue weighted by Crippen LogP contribution is 2.31. The van der Waals surface area contributed by atoms with Crippen molar-refractivity contribution in [2.75, 3.05) is 25.5 Å². The number of ether oxygens (including phenoxy) is 1. The average molecular weight is 297 g/mol. The van der Waals surface area contributed by atoms with E-state index in [9.17, 15) is 9.59 Å². The lowest BCUT2D eigenvalue weighted by Crippen LogP contribution is -2.54. The van der Waals surface area contributed by atoms with Crippen LogP contribution in [0.1, 0.15) is 27.3 Å². The number of nitrogens with zero attached hydrogens (tertiary/aromatic N) is 1. The number of amides is 1. The molecule has 20 heavy (non-hydrogen) atoms. The molecule has 0 radical (unpaired) electrons. The summed E-state index contributed by atoms with van der Waals surface area (Å²) in [6, 6.07) is 1.44. The molecule has 2 saturated heterocycles. The minimum absolute atomic E-state index is 0.00302. The summed E-state index contributed by atoms with van der Waals surface area (Å²) in [4.78, 5) is 25.1. The molecule has 1 N–H and O–H groups in total. The van der Waals surface area contributed by atoms with Crippen molar-refractivity contribution in [1.82, 2.24) is 4.90 Å². The third-order valence-corrected chi connectivity index (χ3v) is 4.95. The average Bonchev–Trinajstić information content (AvgIpc) is 2.96. The van der Waals surface area contributed by atoms with Gasteiger partial charge in [-0.2, -0.15) is 11.8 Å². The zero-order valence-electron chi connectivity index (χ0n) is 10.8. The molecular weight excluding hydrogens is 282 g/mol. The van der Waals surface area contributed by atoms with Gasteiger partial charge < -0.3 is 19.2 Å². The van der Waals surface area contributed by atoms with Crippen molar-refractivity contribution in [3.05, 3.63) is 23.7 Å². The standard InChI is InChI=1S/C13H15NO5S/c15-12(10-5-8(6-19-10)13(16)17)14-2-4-20-11-7-18-3-1-9(11)14/h5-6,9,11H,1-4,7H2,(H,16,17). The van der Waals surface area contributed by atoms with Crippen LogP contribution in [0.5, 0.6) is 0 Å². The minimum Gasteiger partial charge on any atom is -0.478 e. The Morgan fingerprint density at radius 2 is 2.30 bits per heavy atom. The topological polar surface area (TPSA) is 80.0 Å². The third kappa shape index (κ3) is 2.43. The lowest BCUT2D eigenvalue weighted by molar-refractivity contribution is 0.0301. The molecule has 2 fully saturated rings. The predicted molar refractivity (Wildman–Crippen MR) is 72.2 cm³/mol. The second-order valence-electron chi connectivity index (χ2n) is 4.84. The Hall–Kier alpha value is -1.47. The number of hydrogen-bond acceptors (Lipinski definition) is 5. The molecule has 0 saturated carbocycles. The summed E-state index contributed by atoms with van der Waals surface area (Å²) in [5.41, 5.74) is 0.00302. The van der Waals surface area contributed by atoms with Crippen LogP contribution >= 0.6 is 11.8 Å². The van der Waals surface area contributed by atoms with E-state index in [1.54, 1.807) is 4.90 Å². The molecule has 108 valence electrons. The van der Waals surface area contributed by atoms with Crippen LogP contribution in [0.4, 0.5) is 0 Å². The zero-order chi connectivity index (χ0) is 14.1. The number of carboxylic acid groups (broad SMARTS) is 1. The number of fused-ring (bicyclic) bond motifs is 1. The number of furan rings is 1. The molecule has 0 bridgehead atoms. The van der Waals surface area contributed by atoms with Crippen molar-refractivity contribution in [1.29, 1.82) is 0 Å². The molecule has 3 rings (SSSR count). The smallest absolute Gasteiger partial charge is 0.338 e. The van der Waals surface area contributed by atoms with E-state index in [-0.39, 0.29) is 23.3 Å². The van der Waals surface area contributed by atoms with E-state index in [2.05, 4.69) is 0 Å². The highest BCUT2D eigenvalue weighted by molar-refractivity contribution is 8.00. The van der Waals surface area contributed by atoms with E-state index in [1.165, 1.54) is 6.07 Å². The van der Waals surface area contributed by atoms with Crippen LogP contribution < -0.4 is 0 Å². The Kier molecular flexibility index (Phi) is 3.71. The van der Waals surface area contributed by atoms with Crippen molar-refractivity contribution >= 4 is 23.6 Å². The number of carboxylic acids is 1. The number of aromatic carboxylic acids is 1. The quantitative estimate of drug-likeness (QED) is 0.887. The van der Waals surface area contributed by atoms with E-state index in [0.29, 0.717) is 25.0 Å². The zero-order valence-corrected chi connectivity index (χ0v) is 11.6. The van der Waals surface area contributed by atoms with Crippen LogP contribution in [0.25, 0.3) is 0 Å². The highest BCUT2D eigenvalue weighted by atomic mass is 32.2. The minimum atomic E-state index is -1.09. The molecule has 0 aliphatic carbocycles. The molecule has 1 amide bonds. The van der Waals surface area contributed by atoms with Crippen LogP contribution in [-0.4, -0.2) is 58.7 Å². The Balaban J connectivity index is 1.79. The molecule has 0 aromatic carbocycles. The Labute approximate surface area is 120 Å². The summed E-state index contributed by atoms with van der Waals surface area (Å²) < 4.78 is 10.6. The predicted octanol–water partition coefficient (Wildman–Crippen LogP) is 1.32. The first-order valence-electron chi connectivity index (χ1n) is 6.49. The van der Waals surface area contributed by atoms with Gasteiger partial charge in [0.15, 0.2) is 5.76 Å². The SMILES string of the molecule is O=C(O)c1coc(C(=O)N2CCSC3COCCC32)c1. The van der Waals surface area contributed by atoms with Crippen LogP contribution in [0.15, 0.2) is 16.7 Å². The maximum atomic E-state index is 12.5.